The number of hydrogen-bond donors (Lipinski definition) is 2. The van der Waals surface area contributed by atoms with Crippen LogP contribution in [-0.4, -0.2) is 49.4 Å². The second kappa shape index (κ2) is 11.7. The number of nitrogens with zero attached hydrogens (tertiary/aromatic N) is 1. The van der Waals surface area contributed by atoms with E-state index in [9.17, 15) is 27.6 Å². The number of benzene rings is 2. The first-order valence-electron chi connectivity index (χ1n) is 11.3. The molecule has 2 aromatic carbocycles. The zero-order valence-corrected chi connectivity index (χ0v) is 19.4. The summed E-state index contributed by atoms with van der Waals surface area (Å²) in [5, 5.41) is 5.49. The molecule has 0 aromatic heterocycles. The zero-order chi connectivity index (χ0) is 25.4. The zero-order valence-electron chi connectivity index (χ0n) is 19.4. The van der Waals surface area contributed by atoms with Crippen molar-refractivity contribution >= 4 is 17.7 Å². The number of likely N-dealkylation sites (tertiary alicyclic amines) is 1. The van der Waals surface area contributed by atoms with E-state index in [0.29, 0.717) is 37.1 Å². The lowest BCUT2D eigenvalue weighted by Crippen LogP contribution is -2.39. The Morgan fingerprint density at radius 3 is 2.51 bits per heavy atom. The number of carbonyl (C=O) groups excluding carboxylic acids is 3. The molecule has 0 aliphatic carbocycles. The average molecular weight is 492 g/mol. The molecule has 1 aliphatic heterocycles. The van der Waals surface area contributed by atoms with E-state index in [1.54, 1.807) is 29.2 Å². The summed E-state index contributed by atoms with van der Waals surface area (Å²) in [4.78, 5) is 38.4. The van der Waals surface area contributed by atoms with Gasteiger partial charge in [-0.1, -0.05) is 12.1 Å². The van der Waals surface area contributed by atoms with Crippen LogP contribution in [0.2, 0.25) is 0 Å². The molecule has 0 radical (unpaired) electrons. The van der Waals surface area contributed by atoms with Crippen LogP contribution in [0, 0.1) is 0 Å². The summed E-state index contributed by atoms with van der Waals surface area (Å²) in [6.45, 7) is 0.846. The van der Waals surface area contributed by atoms with Gasteiger partial charge in [-0.2, -0.15) is 13.2 Å². The third-order valence-corrected chi connectivity index (χ3v) is 5.74. The molecule has 1 unspecified atom stereocenters. The highest BCUT2D eigenvalue weighted by atomic mass is 19.4. The topological polar surface area (TPSA) is 87.7 Å². The summed E-state index contributed by atoms with van der Waals surface area (Å²) in [5.74, 6) is -0.123. The van der Waals surface area contributed by atoms with Crippen LogP contribution in [0.5, 0.6) is 5.75 Å². The molecule has 3 rings (SSSR count). The molecule has 0 saturated carbocycles. The second-order valence-corrected chi connectivity index (χ2v) is 8.27. The van der Waals surface area contributed by atoms with Crippen molar-refractivity contribution in [2.45, 2.75) is 37.9 Å². The van der Waals surface area contributed by atoms with Gasteiger partial charge in [0, 0.05) is 38.0 Å². The Kier molecular flexibility index (Phi) is 8.73. The molecule has 7 nitrogen and oxygen atoms in total. The van der Waals surface area contributed by atoms with E-state index >= 15 is 0 Å². The number of nitrogens with one attached hydrogen (secondary N) is 2. The fourth-order valence-corrected chi connectivity index (χ4v) is 3.85. The smallest absolute Gasteiger partial charge is 0.416 e. The molecule has 1 saturated heterocycles. The van der Waals surface area contributed by atoms with Crippen molar-refractivity contribution in [1.82, 2.24) is 15.5 Å². The predicted molar refractivity (Wildman–Crippen MR) is 123 cm³/mol. The lowest BCUT2D eigenvalue weighted by atomic mass is 10.0. The Hall–Kier alpha value is -3.56. The SMILES string of the molecule is COc1ccc(C(=O)NCCCC(=O)NC(CN2CCCC2=O)c2cccc(C(F)(F)F)c2)cc1. The van der Waals surface area contributed by atoms with Crippen molar-refractivity contribution in [2.75, 3.05) is 26.7 Å². The van der Waals surface area contributed by atoms with Crippen LogP contribution in [0.4, 0.5) is 13.2 Å². The van der Waals surface area contributed by atoms with Gasteiger partial charge in [0.2, 0.25) is 11.8 Å². The minimum absolute atomic E-state index is 0.0618. The maximum absolute atomic E-state index is 13.2. The number of amides is 3. The first-order chi connectivity index (χ1) is 16.7. The first kappa shape index (κ1) is 26.1. The van der Waals surface area contributed by atoms with E-state index in [1.807, 2.05) is 0 Å². The van der Waals surface area contributed by atoms with Crippen LogP contribution in [0.3, 0.4) is 0 Å². The fourth-order valence-electron chi connectivity index (χ4n) is 3.85. The van der Waals surface area contributed by atoms with E-state index in [2.05, 4.69) is 10.6 Å². The second-order valence-electron chi connectivity index (χ2n) is 8.27. The van der Waals surface area contributed by atoms with Crippen molar-refractivity contribution in [3.05, 3.63) is 65.2 Å². The lowest BCUT2D eigenvalue weighted by Gasteiger charge is -2.26. The van der Waals surface area contributed by atoms with Crippen LogP contribution in [0.15, 0.2) is 48.5 Å². The highest BCUT2D eigenvalue weighted by Crippen LogP contribution is 2.31. The number of methoxy groups -OCH3 is 1. The van der Waals surface area contributed by atoms with Crippen molar-refractivity contribution in [3.63, 3.8) is 0 Å². The molecule has 2 aromatic rings. The molecule has 3 amide bonds. The summed E-state index contributed by atoms with van der Waals surface area (Å²) in [6, 6.07) is 10.6. The third kappa shape index (κ3) is 7.46. The van der Waals surface area contributed by atoms with Crippen molar-refractivity contribution in [2.24, 2.45) is 0 Å². The average Bonchev–Trinajstić information content (AvgIpc) is 3.25. The number of rotatable bonds is 10. The molecule has 0 spiro atoms. The molecular formula is C25H28F3N3O4. The van der Waals surface area contributed by atoms with Crippen LogP contribution in [0.1, 0.15) is 53.2 Å². The van der Waals surface area contributed by atoms with Gasteiger partial charge in [0.25, 0.3) is 5.91 Å². The largest absolute Gasteiger partial charge is 0.497 e. The number of carbonyl (C=O) groups is 3. The Bertz CT molecular complexity index is 1040. The maximum Gasteiger partial charge on any atom is 0.416 e. The van der Waals surface area contributed by atoms with Crippen LogP contribution in [0.25, 0.3) is 0 Å². The van der Waals surface area contributed by atoms with Gasteiger partial charge in [-0.15, -0.1) is 0 Å². The third-order valence-electron chi connectivity index (χ3n) is 5.74. The van der Waals surface area contributed by atoms with Gasteiger partial charge in [-0.25, -0.2) is 0 Å². The predicted octanol–water partition coefficient (Wildman–Crippen LogP) is 3.70. The molecule has 1 fully saturated rings. The standard InChI is InChI=1S/C25H28F3N3O4/c1-35-20-11-9-17(10-12-20)24(34)29-13-3-7-22(32)30-21(16-31-14-4-8-23(31)33)18-5-2-6-19(15-18)25(26,27)28/h2,5-6,9-12,15,21H,3-4,7-8,13-14,16H2,1H3,(H,29,34)(H,30,32). The van der Waals surface area contributed by atoms with Gasteiger partial charge in [-0.3, -0.25) is 14.4 Å². The minimum Gasteiger partial charge on any atom is -0.497 e. The fraction of sp³-hybridized carbons (Fsp3) is 0.400. The highest BCUT2D eigenvalue weighted by molar-refractivity contribution is 5.94. The molecule has 35 heavy (non-hydrogen) atoms. The highest BCUT2D eigenvalue weighted by Gasteiger charge is 2.32. The van der Waals surface area contributed by atoms with Gasteiger partial charge in [-0.05, 0) is 54.8 Å². The Morgan fingerprint density at radius 1 is 1.14 bits per heavy atom. The molecule has 2 N–H and O–H groups in total. The quantitative estimate of drug-likeness (QED) is 0.496. The van der Waals surface area contributed by atoms with Crippen molar-refractivity contribution in [1.29, 1.82) is 0 Å². The molecule has 10 heteroatoms. The van der Waals surface area contributed by atoms with E-state index in [-0.39, 0.29) is 42.8 Å². The summed E-state index contributed by atoms with van der Waals surface area (Å²) in [6.07, 6.45) is -3.05. The molecule has 1 atom stereocenters. The van der Waals surface area contributed by atoms with E-state index in [1.165, 1.54) is 19.2 Å². The number of ether oxygens (including phenoxy) is 1. The van der Waals surface area contributed by atoms with E-state index in [4.69, 9.17) is 4.74 Å². The molecule has 188 valence electrons. The minimum atomic E-state index is -4.52. The van der Waals surface area contributed by atoms with Gasteiger partial charge in [0.1, 0.15) is 5.75 Å². The van der Waals surface area contributed by atoms with E-state index < -0.39 is 17.8 Å². The molecule has 1 heterocycles. The maximum atomic E-state index is 13.2. The Labute approximate surface area is 201 Å². The number of hydrogen-bond acceptors (Lipinski definition) is 4. The lowest BCUT2D eigenvalue weighted by molar-refractivity contribution is -0.137. The molecule has 0 bridgehead atoms. The summed E-state index contributed by atoms with van der Waals surface area (Å²) in [7, 11) is 1.53. The summed E-state index contributed by atoms with van der Waals surface area (Å²) < 4.78 is 44.7. The monoisotopic (exact) mass is 491 g/mol. The van der Waals surface area contributed by atoms with Gasteiger partial charge in [0.15, 0.2) is 0 Å². The normalized spacial score (nSPS) is 14.5. The van der Waals surface area contributed by atoms with Crippen LogP contribution < -0.4 is 15.4 Å². The number of alkyl halides is 3. The van der Waals surface area contributed by atoms with Crippen molar-refractivity contribution in [3.8, 4) is 5.75 Å². The number of halogens is 3. The summed E-state index contributed by atoms with van der Waals surface area (Å²) >= 11 is 0. The first-order valence-corrected chi connectivity index (χ1v) is 11.3. The van der Waals surface area contributed by atoms with Gasteiger partial charge >= 0.3 is 6.18 Å². The summed E-state index contributed by atoms with van der Waals surface area (Å²) in [5.41, 5.74) is -0.0842. The van der Waals surface area contributed by atoms with E-state index in [0.717, 1.165) is 12.1 Å². The Morgan fingerprint density at radius 2 is 1.89 bits per heavy atom. The Balaban J connectivity index is 1.57. The van der Waals surface area contributed by atoms with Crippen molar-refractivity contribution < 1.29 is 32.3 Å². The molecule has 1 aliphatic rings. The molecular weight excluding hydrogens is 463 g/mol. The van der Waals surface area contributed by atoms with Crippen LogP contribution >= 0.6 is 0 Å². The van der Waals surface area contributed by atoms with Gasteiger partial charge < -0.3 is 20.3 Å². The van der Waals surface area contributed by atoms with Crippen LogP contribution in [-0.2, 0) is 15.8 Å². The van der Waals surface area contributed by atoms with Gasteiger partial charge in [0.05, 0.1) is 18.7 Å².